The first kappa shape index (κ1) is 19.3. The van der Waals surface area contributed by atoms with Gasteiger partial charge in [0.05, 0.1) is 10.6 Å². The summed E-state index contributed by atoms with van der Waals surface area (Å²) in [6.45, 7) is 4.07. The van der Waals surface area contributed by atoms with Crippen LogP contribution in [0.15, 0.2) is 84.4 Å². The lowest BCUT2D eigenvalue weighted by Crippen LogP contribution is -2.25. The van der Waals surface area contributed by atoms with Crippen LogP contribution in [0.2, 0.25) is 0 Å². The van der Waals surface area contributed by atoms with Gasteiger partial charge in [0.1, 0.15) is 0 Å². The van der Waals surface area contributed by atoms with Crippen molar-refractivity contribution in [2.24, 2.45) is 0 Å². The van der Waals surface area contributed by atoms with Gasteiger partial charge in [-0.3, -0.25) is 19.8 Å². The molecule has 5 nitrogen and oxygen atoms in total. The van der Waals surface area contributed by atoms with Crippen molar-refractivity contribution >= 4 is 29.1 Å². The molecule has 0 bridgehead atoms. The lowest BCUT2D eigenvalue weighted by atomic mass is 10.1. The van der Waals surface area contributed by atoms with Gasteiger partial charge in [-0.2, -0.15) is 0 Å². The third-order valence-electron chi connectivity index (χ3n) is 5.23. The molecule has 0 radical (unpaired) electrons. The Labute approximate surface area is 174 Å². The van der Waals surface area contributed by atoms with Crippen molar-refractivity contribution in [3.63, 3.8) is 0 Å². The van der Waals surface area contributed by atoms with Crippen LogP contribution in [-0.4, -0.2) is 10.8 Å². The molecule has 0 aromatic heterocycles. The summed E-state index contributed by atoms with van der Waals surface area (Å²) in [7, 11) is 0. The van der Waals surface area contributed by atoms with Crippen LogP contribution in [0.3, 0.4) is 0 Å². The van der Waals surface area contributed by atoms with Crippen molar-refractivity contribution in [1.29, 1.82) is 0 Å². The quantitative estimate of drug-likeness (QED) is 0.324. The molecule has 0 unspecified atom stereocenters. The molecule has 30 heavy (non-hydrogen) atoms. The van der Waals surface area contributed by atoms with Gasteiger partial charge in [-0.05, 0) is 72.5 Å². The van der Waals surface area contributed by atoms with Crippen LogP contribution in [-0.2, 0) is 4.79 Å². The average molecular weight is 396 g/mol. The van der Waals surface area contributed by atoms with E-state index in [2.05, 4.69) is 0 Å². The van der Waals surface area contributed by atoms with Crippen molar-refractivity contribution in [3.8, 4) is 0 Å². The molecule has 5 heteroatoms. The highest BCUT2D eigenvalue weighted by atomic mass is 16.6. The fourth-order valence-corrected chi connectivity index (χ4v) is 3.43. The summed E-state index contributed by atoms with van der Waals surface area (Å²) in [5.74, 6) is -0.129. The number of nitrogens with zero attached hydrogens (tertiary/aromatic N) is 2. The second-order valence-corrected chi connectivity index (χ2v) is 7.25. The number of rotatable bonds is 4. The number of hydrogen-bond acceptors (Lipinski definition) is 3. The molecule has 1 heterocycles. The van der Waals surface area contributed by atoms with Gasteiger partial charge in [0.2, 0.25) is 0 Å². The number of anilines is 1. The van der Waals surface area contributed by atoms with Crippen LogP contribution in [0.25, 0.3) is 11.8 Å². The Morgan fingerprint density at radius 1 is 0.900 bits per heavy atom. The number of carbonyl (C=O) groups is 1. The van der Waals surface area contributed by atoms with E-state index in [1.54, 1.807) is 23.1 Å². The zero-order valence-electron chi connectivity index (χ0n) is 16.7. The van der Waals surface area contributed by atoms with E-state index in [4.69, 9.17) is 0 Å². The summed E-state index contributed by atoms with van der Waals surface area (Å²) < 4.78 is 0. The molecule has 0 fully saturated rings. The van der Waals surface area contributed by atoms with Crippen LogP contribution in [0.1, 0.15) is 22.3 Å². The Bertz CT molecular complexity index is 1190. The van der Waals surface area contributed by atoms with Crippen molar-refractivity contribution in [3.05, 3.63) is 117 Å². The van der Waals surface area contributed by atoms with Crippen LogP contribution in [0.5, 0.6) is 0 Å². The number of hydrogen-bond donors (Lipinski definition) is 0. The minimum absolute atomic E-state index is 0.0205. The van der Waals surface area contributed by atoms with Gasteiger partial charge in [0, 0.05) is 23.4 Å². The number of carbonyl (C=O) groups excluding carboxylic acids is 1. The standard InChI is InChI=1S/C25H20N2O3/c1-17-8-11-23(14-18(17)2)26-24(20-6-4-3-5-7-20)16-21(25(26)28)15-19-9-12-22(13-10-19)27(29)30/h3-16H,1-2H3. The predicted molar refractivity (Wildman–Crippen MR) is 119 cm³/mol. The number of amides is 1. The highest BCUT2D eigenvalue weighted by molar-refractivity contribution is 6.23. The van der Waals surface area contributed by atoms with Crippen molar-refractivity contribution in [2.75, 3.05) is 4.90 Å². The first-order valence-corrected chi connectivity index (χ1v) is 9.59. The average Bonchev–Trinajstić information content (AvgIpc) is 3.07. The first-order valence-electron chi connectivity index (χ1n) is 9.59. The summed E-state index contributed by atoms with van der Waals surface area (Å²) in [5.41, 5.74) is 6.11. The summed E-state index contributed by atoms with van der Waals surface area (Å²) in [4.78, 5) is 25.5. The van der Waals surface area contributed by atoms with E-state index in [0.29, 0.717) is 5.57 Å². The topological polar surface area (TPSA) is 63.5 Å². The third-order valence-corrected chi connectivity index (χ3v) is 5.23. The molecule has 4 rings (SSSR count). The van der Waals surface area contributed by atoms with E-state index < -0.39 is 4.92 Å². The molecule has 3 aromatic carbocycles. The molecular weight excluding hydrogens is 376 g/mol. The molecule has 0 spiro atoms. The predicted octanol–water partition coefficient (Wildman–Crippen LogP) is 5.68. The van der Waals surface area contributed by atoms with E-state index in [1.165, 1.54) is 12.1 Å². The Morgan fingerprint density at radius 3 is 2.23 bits per heavy atom. The number of benzene rings is 3. The van der Waals surface area contributed by atoms with Crippen LogP contribution in [0, 0.1) is 24.0 Å². The smallest absolute Gasteiger partial charge is 0.269 e. The molecule has 0 saturated heterocycles. The van der Waals surface area contributed by atoms with Gasteiger partial charge >= 0.3 is 0 Å². The molecule has 3 aromatic rings. The minimum Gasteiger partial charge on any atom is -0.276 e. The molecule has 1 aliphatic heterocycles. The van der Waals surface area contributed by atoms with E-state index in [9.17, 15) is 14.9 Å². The zero-order chi connectivity index (χ0) is 21.3. The fourth-order valence-electron chi connectivity index (χ4n) is 3.43. The van der Waals surface area contributed by atoms with Gasteiger partial charge in [0.15, 0.2) is 0 Å². The summed E-state index contributed by atoms with van der Waals surface area (Å²) >= 11 is 0. The second kappa shape index (κ2) is 7.79. The third kappa shape index (κ3) is 3.65. The Kier molecular flexibility index (Phi) is 5.02. The molecule has 1 aliphatic rings. The lowest BCUT2D eigenvalue weighted by molar-refractivity contribution is -0.384. The van der Waals surface area contributed by atoms with Gasteiger partial charge in [-0.25, -0.2) is 0 Å². The molecule has 0 saturated carbocycles. The zero-order valence-corrected chi connectivity index (χ0v) is 16.7. The van der Waals surface area contributed by atoms with Crippen LogP contribution < -0.4 is 4.90 Å². The number of non-ortho nitro benzene ring substituents is 1. The van der Waals surface area contributed by atoms with Gasteiger partial charge in [-0.1, -0.05) is 36.4 Å². The largest absolute Gasteiger partial charge is 0.276 e. The molecule has 0 N–H and O–H groups in total. The van der Waals surface area contributed by atoms with Crippen molar-refractivity contribution in [2.45, 2.75) is 13.8 Å². The SMILES string of the molecule is Cc1ccc(N2C(=O)C(=Cc3ccc([N+](=O)[O-])cc3)C=C2c2ccccc2)cc1C. The van der Waals surface area contributed by atoms with E-state index in [0.717, 1.165) is 33.6 Å². The normalized spacial score (nSPS) is 14.9. The van der Waals surface area contributed by atoms with E-state index in [1.807, 2.05) is 68.5 Å². The fraction of sp³-hybridized carbons (Fsp3) is 0.0800. The minimum atomic E-state index is -0.438. The van der Waals surface area contributed by atoms with Gasteiger partial charge in [-0.15, -0.1) is 0 Å². The highest BCUT2D eigenvalue weighted by Crippen LogP contribution is 2.36. The monoisotopic (exact) mass is 396 g/mol. The maximum Gasteiger partial charge on any atom is 0.269 e. The van der Waals surface area contributed by atoms with E-state index >= 15 is 0 Å². The second-order valence-electron chi connectivity index (χ2n) is 7.25. The molecule has 0 aliphatic carbocycles. The molecule has 1 amide bonds. The summed E-state index contributed by atoms with van der Waals surface area (Å²) in [5, 5.41) is 10.9. The molecular formula is C25H20N2O3. The van der Waals surface area contributed by atoms with Crippen molar-refractivity contribution < 1.29 is 9.72 Å². The van der Waals surface area contributed by atoms with Crippen LogP contribution in [0.4, 0.5) is 11.4 Å². The summed E-state index contributed by atoms with van der Waals surface area (Å²) in [6, 6.07) is 21.9. The maximum absolute atomic E-state index is 13.4. The molecule has 148 valence electrons. The van der Waals surface area contributed by atoms with E-state index in [-0.39, 0.29) is 11.6 Å². The number of nitro groups is 1. The Balaban J connectivity index is 1.79. The molecule has 0 atom stereocenters. The van der Waals surface area contributed by atoms with Crippen molar-refractivity contribution in [1.82, 2.24) is 0 Å². The summed E-state index contributed by atoms with van der Waals surface area (Å²) in [6.07, 6.45) is 3.63. The number of nitro benzene ring substituents is 1. The van der Waals surface area contributed by atoms with Gasteiger partial charge < -0.3 is 0 Å². The lowest BCUT2D eigenvalue weighted by Gasteiger charge is -2.21. The first-order chi connectivity index (χ1) is 14.4. The maximum atomic E-state index is 13.4. The number of aryl methyl sites for hydroxylation is 2. The van der Waals surface area contributed by atoms with Gasteiger partial charge in [0.25, 0.3) is 11.6 Å². The Morgan fingerprint density at radius 2 is 1.60 bits per heavy atom. The Hall–Kier alpha value is -3.99. The van der Waals surface area contributed by atoms with Crippen LogP contribution >= 0.6 is 0 Å². The highest BCUT2D eigenvalue weighted by Gasteiger charge is 2.30.